The van der Waals surface area contributed by atoms with E-state index in [-0.39, 0.29) is 30.7 Å². The minimum atomic E-state index is -0.310. The molecule has 0 saturated heterocycles. The van der Waals surface area contributed by atoms with Gasteiger partial charge in [-0.15, -0.1) is 0 Å². The van der Waals surface area contributed by atoms with Crippen LogP contribution in [0.25, 0.3) is 0 Å². The average Bonchev–Trinajstić information content (AvgIpc) is 2.55. The van der Waals surface area contributed by atoms with E-state index in [1.54, 1.807) is 24.3 Å². The van der Waals surface area contributed by atoms with Gasteiger partial charge in [-0.05, 0) is 12.1 Å². The van der Waals surface area contributed by atoms with E-state index in [9.17, 15) is 14.4 Å². The molecule has 3 N–H and O–H groups in total. The Bertz CT molecular complexity index is 491. The summed E-state index contributed by atoms with van der Waals surface area (Å²) in [5.74, 6) is -0.743. The molecular weight excluding hydrogens is 286 g/mol. The molecule has 0 atom stereocenters. The lowest BCUT2D eigenvalue weighted by molar-refractivity contribution is -0.123. The summed E-state index contributed by atoms with van der Waals surface area (Å²) in [7, 11) is 1.53. The minimum Gasteiger partial charge on any atom is -0.384 e. The number of methoxy groups -OCH3 is 1. The number of hydrogen-bond acceptors (Lipinski definition) is 4. The molecule has 0 saturated carbocycles. The van der Waals surface area contributed by atoms with Gasteiger partial charge >= 0.3 is 0 Å². The number of nitrogens with one attached hydrogen (secondary N) is 3. The summed E-state index contributed by atoms with van der Waals surface area (Å²) in [6.45, 7) is 0.898. The molecule has 0 aliphatic heterocycles. The van der Waals surface area contributed by atoms with Crippen LogP contribution in [0.5, 0.6) is 0 Å². The Morgan fingerprint density at radius 3 is 2.23 bits per heavy atom. The second-order valence-electron chi connectivity index (χ2n) is 4.49. The van der Waals surface area contributed by atoms with Crippen LogP contribution in [0, 0.1) is 0 Å². The van der Waals surface area contributed by atoms with Crippen LogP contribution in [-0.4, -0.2) is 51.1 Å². The van der Waals surface area contributed by atoms with Crippen molar-refractivity contribution in [3.63, 3.8) is 0 Å². The van der Waals surface area contributed by atoms with E-state index >= 15 is 0 Å². The van der Waals surface area contributed by atoms with Crippen molar-refractivity contribution >= 4 is 17.7 Å². The highest BCUT2D eigenvalue weighted by Gasteiger charge is 2.07. The Labute approximate surface area is 129 Å². The molecule has 1 aromatic rings. The molecule has 0 bridgehead atoms. The largest absolute Gasteiger partial charge is 0.384 e. The molecule has 7 nitrogen and oxygen atoms in total. The summed E-state index contributed by atoms with van der Waals surface area (Å²) < 4.78 is 4.78. The van der Waals surface area contributed by atoms with E-state index in [0.29, 0.717) is 25.3 Å². The monoisotopic (exact) mass is 307 g/mol. The van der Waals surface area contributed by atoms with E-state index in [0.717, 1.165) is 0 Å². The van der Waals surface area contributed by atoms with Crippen molar-refractivity contribution in [2.45, 2.75) is 6.42 Å². The van der Waals surface area contributed by atoms with Crippen LogP contribution < -0.4 is 16.0 Å². The number of carbonyl (C=O) groups excluding carboxylic acids is 3. The fourth-order valence-corrected chi connectivity index (χ4v) is 1.60. The lowest BCUT2D eigenvalue weighted by atomic mass is 10.2. The average molecular weight is 307 g/mol. The van der Waals surface area contributed by atoms with Gasteiger partial charge in [0.05, 0.1) is 13.2 Å². The molecular formula is C15H21N3O4. The van der Waals surface area contributed by atoms with Crippen LogP contribution in [0.15, 0.2) is 30.3 Å². The summed E-state index contributed by atoms with van der Waals surface area (Å²) in [5, 5.41) is 7.77. The van der Waals surface area contributed by atoms with Crippen LogP contribution >= 0.6 is 0 Å². The molecule has 3 amide bonds. The third-order valence-electron chi connectivity index (χ3n) is 2.75. The van der Waals surface area contributed by atoms with Gasteiger partial charge in [0.15, 0.2) is 0 Å². The highest BCUT2D eigenvalue weighted by molar-refractivity contribution is 5.96. The van der Waals surface area contributed by atoms with Crippen LogP contribution in [-0.2, 0) is 14.3 Å². The SMILES string of the molecule is COCCC(=O)NCCNC(=O)CNC(=O)c1ccccc1. The second kappa shape index (κ2) is 10.3. The van der Waals surface area contributed by atoms with Crippen molar-refractivity contribution in [3.05, 3.63) is 35.9 Å². The molecule has 0 heterocycles. The zero-order valence-electron chi connectivity index (χ0n) is 12.6. The van der Waals surface area contributed by atoms with E-state index in [2.05, 4.69) is 16.0 Å². The van der Waals surface area contributed by atoms with Gasteiger partial charge in [0, 0.05) is 32.2 Å². The van der Waals surface area contributed by atoms with Crippen molar-refractivity contribution in [2.75, 3.05) is 33.4 Å². The molecule has 0 aliphatic carbocycles. The minimum absolute atomic E-state index is 0.106. The van der Waals surface area contributed by atoms with Crippen LogP contribution in [0.4, 0.5) is 0 Å². The summed E-state index contributed by atoms with van der Waals surface area (Å²) in [5.41, 5.74) is 0.501. The zero-order chi connectivity index (χ0) is 16.2. The number of carbonyl (C=O) groups is 3. The van der Waals surface area contributed by atoms with Gasteiger partial charge in [-0.25, -0.2) is 0 Å². The number of amides is 3. The van der Waals surface area contributed by atoms with E-state index in [4.69, 9.17) is 4.74 Å². The lowest BCUT2D eigenvalue weighted by Crippen LogP contribution is -2.40. The van der Waals surface area contributed by atoms with E-state index < -0.39 is 0 Å². The first-order valence-corrected chi connectivity index (χ1v) is 6.99. The van der Waals surface area contributed by atoms with Crippen molar-refractivity contribution < 1.29 is 19.1 Å². The highest BCUT2D eigenvalue weighted by atomic mass is 16.5. The lowest BCUT2D eigenvalue weighted by Gasteiger charge is -2.08. The van der Waals surface area contributed by atoms with Crippen molar-refractivity contribution in [1.82, 2.24) is 16.0 Å². The van der Waals surface area contributed by atoms with Gasteiger partial charge in [0.1, 0.15) is 0 Å². The number of hydrogen-bond donors (Lipinski definition) is 3. The third kappa shape index (κ3) is 7.39. The van der Waals surface area contributed by atoms with E-state index in [1.807, 2.05) is 6.07 Å². The quantitative estimate of drug-likeness (QED) is 0.545. The summed E-state index contributed by atoms with van der Waals surface area (Å²) in [6, 6.07) is 8.65. The first-order valence-electron chi connectivity index (χ1n) is 6.99. The Hall–Kier alpha value is -2.41. The second-order valence-corrected chi connectivity index (χ2v) is 4.49. The molecule has 0 fully saturated rings. The maximum Gasteiger partial charge on any atom is 0.251 e. The van der Waals surface area contributed by atoms with Gasteiger partial charge in [0.25, 0.3) is 5.91 Å². The van der Waals surface area contributed by atoms with E-state index in [1.165, 1.54) is 7.11 Å². The molecule has 0 aromatic heterocycles. The Balaban J connectivity index is 2.11. The topological polar surface area (TPSA) is 96.5 Å². The normalized spacial score (nSPS) is 9.86. The fraction of sp³-hybridized carbons (Fsp3) is 0.400. The highest BCUT2D eigenvalue weighted by Crippen LogP contribution is 1.97. The maximum atomic E-state index is 11.7. The molecule has 7 heteroatoms. The summed E-state index contributed by atoms with van der Waals surface area (Å²) >= 11 is 0. The summed E-state index contributed by atoms with van der Waals surface area (Å²) in [6.07, 6.45) is 0.289. The van der Waals surface area contributed by atoms with Gasteiger partial charge in [-0.2, -0.15) is 0 Å². The van der Waals surface area contributed by atoms with Crippen LogP contribution in [0.3, 0.4) is 0 Å². The third-order valence-corrected chi connectivity index (χ3v) is 2.75. The molecule has 22 heavy (non-hydrogen) atoms. The number of benzene rings is 1. The smallest absolute Gasteiger partial charge is 0.251 e. The zero-order valence-corrected chi connectivity index (χ0v) is 12.6. The van der Waals surface area contributed by atoms with Gasteiger partial charge < -0.3 is 20.7 Å². The molecule has 0 radical (unpaired) electrons. The Kier molecular flexibility index (Phi) is 8.29. The maximum absolute atomic E-state index is 11.7. The molecule has 1 rings (SSSR count). The molecule has 120 valence electrons. The molecule has 0 spiro atoms. The Morgan fingerprint density at radius 1 is 0.955 bits per heavy atom. The summed E-state index contributed by atoms with van der Waals surface area (Å²) in [4.78, 5) is 34.5. The van der Waals surface area contributed by atoms with Crippen LogP contribution in [0.1, 0.15) is 16.8 Å². The number of rotatable bonds is 9. The van der Waals surface area contributed by atoms with Crippen molar-refractivity contribution in [1.29, 1.82) is 0 Å². The van der Waals surface area contributed by atoms with Gasteiger partial charge in [0.2, 0.25) is 11.8 Å². The van der Waals surface area contributed by atoms with Crippen molar-refractivity contribution in [2.24, 2.45) is 0 Å². The Morgan fingerprint density at radius 2 is 1.59 bits per heavy atom. The number of ether oxygens (including phenoxy) is 1. The van der Waals surface area contributed by atoms with Crippen molar-refractivity contribution in [3.8, 4) is 0 Å². The predicted octanol–water partition coefficient (Wildman–Crippen LogP) is -0.315. The molecule has 0 unspecified atom stereocenters. The first kappa shape index (κ1) is 17.6. The standard InChI is InChI=1S/C15H21N3O4/c1-22-10-7-13(19)16-8-9-17-14(20)11-18-15(21)12-5-3-2-4-6-12/h2-6H,7-11H2,1H3,(H,16,19)(H,17,20)(H,18,21). The first-order chi connectivity index (χ1) is 10.6. The van der Waals surface area contributed by atoms with Gasteiger partial charge in [-0.1, -0.05) is 18.2 Å². The molecule has 0 aliphatic rings. The van der Waals surface area contributed by atoms with Gasteiger partial charge in [-0.3, -0.25) is 14.4 Å². The van der Waals surface area contributed by atoms with Crippen LogP contribution in [0.2, 0.25) is 0 Å². The predicted molar refractivity (Wildman–Crippen MR) is 81.3 cm³/mol. The molecule has 1 aromatic carbocycles. The fourth-order valence-electron chi connectivity index (χ4n) is 1.60.